The first kappa shape index (κ1) is 23.9. The number of imidazole rings is 1. The first-order valence-corrected chi connectivity index (χ1v) is 12.2. The Morgan fingerprint density at radius 1 is 0.943 bits per heavy atom. The first-order valence-electron chi connectivity index (χ1n) is 10.8. The number of carbonyl (C=O) groups is 2. The van der Waals surface area contributed by atoms with Crippen molar-refractivity contribution < 1.29 is 18.0 Å². The highest BCUT2D eigenvalue weighted by Crippen LogP contribution is 2.23. The molecule has 0 bridgehead atoms. The summed E-state index contributed by atoms with van der Waals surface area (Å²) in [5.41, 5.74) is 2.63. The quantitative estimate of drug-likeness (QED) is 0.396. The Balaban J connectivity index is 1.50. The molecule has 0 aliphatic heterocycles. The molecule has 3 aromatic carbocycles. The van der Waals surface area contributed by atoms with Gasteiger partial charge in [-0.15, -0.1) is 0 Å². The minimum absolute atomic E-state index is 0.00392. The number of anilines is 2. The Morgan fingerprint density at radius 2 is 1.63 bits per heavy atom. The van der Waals surface area contributed by atoms with E-state index in [0.29, 0.717) is 22.8 Å². The molecule has 0 fully saturated rings. The van der Waals surface area contributed by atoms with Crippen molar-refractivity contribution >= 4 is 33.1 Å². The van der Waals surface area contributed by atoms with E-state index in [1.165, 1.54) is 29.6 Å². The van der Waals surface area contributed by atoms with Crippen LogP contribution in [-0.2, 0) is 17.1 Å². The average Bonchev–Trinajstić information content (AvgIpc) is 3.30. The van der Waals surface area contributed by atoms with Crippen LogP contribution in [-0.4, -0.2) is 36.7 Å². The van der Waals surface area contributed by atoms with Crippen molar-refractivity contribution in [2.24, 2.45) is 7.05 Å². The molecule has 0 saturated heterocycles. The number of aromatic nitrogens is 2. The molecular formula is C26H24N4O4S. The molecule has 0 unspecified atom stereocenters. The summed E-state index contributed by atoms with van der Waals surface area (Å²) in [5.74, 6) is -0.385. The summed E-state index contributed by atoms with van der Waals surface area (Å²) < 4.78 is 29.1. The lowest BCUT2D eigenvalue weighted by molar-refractivity contribution is 0.102. The van der Waals surface area contributed by atoms with Gasteiger partial charge in [0.25, 0.3) is 15.9 Å². The Bertz CT molecular complexity index is 1490. The first-order chi connectivity index (χ1) is 16.7. The van der Waals surface area contributed by atoms with Gasteiger partial charge >= 0.3 is 0 Å². The van der Waals surface area contributed by atoms with Crippen molar-refractivity contribution in [2.75, 3.05) is 16.7 Å². The maximum Gasteiger partial charge on any atom is 0.264 e. The summed E-state index contributed by atoms with van der Waals surface area (Å²) in [7, 11) is -0.656. The third-order valence-corrected chi connectivity index (χ3v) is 7.36. The van der Waals surface area contributed by atoms with Gasteiger partial charge in [0, 0.05) is 43.3 Å². The molecule has 1 heterocycles. The largest absolute Gasteiger partial charge is 0.331 e. The Hall–Kier alpha value is -4.24. The summed E-state index contributed by atoms with van der Waals surface area (Å²) in [5, 5.41) is 2.74. The monoisotopic (exact) mass is 488 g/mol. The van der Waals surface area contributed by atoms with Gasteiger partial charge in [-0.2, -0.15) is 0 Å². The molecule has 1 N–H and O–H groups in total. The average molecular weight is 489 g/mol. The molecule has 1 amide bonds. The van der Waals surface area contributed by atoms with E-state index in [1.807, 2.05) is 19.1 Å². The molecule has 0 atom stereocenters. The van der Waals surface area contributed by atoms with Crippen molar-refractivity contribution in [3.8, 4) is 0 Å². The van der Waals surface area contributed by atoms with Gasteiger partial charge in [0.2, 0.25) is 5.78 Å². The van der Waals surface area contributed by atoms with Crippen molar-refractivity contribution in [1.29, 1.82) is 0 Å². The SMILES string of the molecule is Cc1ccc(N(C)S(=O)(=O)c2cccc(C(=O)Nc3ccc(C(=O)c4nccn4C)cc3)c2)cc1. The topological polar surface area (TPSA) is 101 Å². The molecule has 178 valence electrons. The van der Waals surface area contributed by atoms with Crippen molar-refractivity contribution in [1.82, 2.24) is 9.55 Å². The van der Waals surface area contributed by atoms with Crippen LogP contribution in [0.4, 0.5) is 11.4 Å². The number of benzene rings is 3. The third kappa shape index (κ3) is 4.99. The Kier molecular flexibility index (Phi) is 6.52. The number of nitrogens with zero attached hydrogens (tertiary/aromatic N) is 3. The zero-order valence-corrected chi connectivity index (χ0v) is 20.3. The predicted octanol–water partition coefficient (Wildman–Crippen LogP) is 4.04. The molecule has 0 aliphatic rings. The maximum absolute atomic E-state index is 13.1. The number of nitrogens with one attached hydrogen (secondary N) is 1. The molecule has 4 rings (SSSR count). The lowest BCUT2D eigenvalue weighted by Gasteiger charge is -2.20. The molecular weight excluding hydrogens is 464 g/mol. The standard InChI is InChI=1S/C26H24N4O4S/c1-18-7-13-22(14-8-18)30(3)35(33,34)23-6-4-5-20(17-23)26(32)28-21-11-9-19(10-12-21)24(31)25-27-15-16-29(25)2/h4-17H,1-3H3,(H,28,32). The molecule has 0 saturated carbocycles. The number of hydrogen-bond donors (Lipinski definition) is 1. The van der Waals surface area contributed by atoms with Crippen LogP contribution in [0.5, 0.6) is 0 Å². The van der Waals surface area contributed by atoms with E-state index < -0.39 is 15.9 Å². The molecule has 0 spiro atoms. The number of rotatable bonds is 7. The summed E-state index contributed by atoms with van der Waals surface area (Å²) in [4.78, 5) is 29.4. The number of carbonyl (C=O) groups excluding carboxylic acids is 2. The van der Waals surface area contributed by atoms with E-state index in [0.717, 1.165) is 5.56 Å². The second kappa shape index (κ2) is 9.55. The normalized spacial score (nSPS) is 11.2. The molecule has 0 radical (unpaired) electrons. The fourth-order valence-electron chi connectivity index (χ4n) is 3.47. The molecule has 8 nitrogen and oxygen atoms in total. The van der Waals surface area contributed by atoms with Crippen LogP contribution in [0.1, 0.15) is 32.1 Å². The molecule has 1 aromatic heterocycles. The highest BCUT2D eigenvalue weighted by Gasteiger charge is 2.22. The van der Waals surface area contributed by atoms with Gasteiger partial charge in [-0.3, -0.25) is 13.9 Å². The molecule has 4 aromatic rings. The van der Waals surface area contributed by atoms with Gasteiger partial charge in [-0.25, -0.2) is 13.4 Å². The van der Waals surface area contributed by atoms with E-state index in [9.17, 15) is 18.0 Å². The van der Waals surface area contributed by atoms with Crippen LogP contribution in [0, 0.1) is 6.92 Å². The predicted molar refractivity (Wildman–Crippen MR) is 134 cm³/mol. The van der Waals surface area contributed by atoms with Gasteiger partial charge in [-0.1, -0.05) is 23.8 Å². The van der Waals surface area contributed by atoms with Crippen LogP contribution in [0.25, 0.3) is 0 Å². The molecule has 0 aliphatic carbocycles. The summed E-state index contributed by atoms with van der Waals surface area (Å²) >= 11 is 0. The number of sulfonamides is 1. The summed E-state index contributed by atoms with van der Waals surface area (Å²) in [6, 6.07) is 19.4. The minimum atomic E-state index is -3.87. The van der Waals surface area contributed by atoms with Crippen LogP contribution in [0.3, 0.4) is 0 Å². The highest BCUT2D eigenvalue weighted by molar-refractivity contribution is 7.92. The van der Waals surface area contributed by atoms with Crippen LogP contribution >= 0.6 is 0 Å². The highest BCUT2D eigenvalue weighted by atomic mass is 32.2. The molecule has 9 heteroatoms. The van der Waals surface area contributed by atoms with Gasteiger partial charge in [0.1, 0.15) is 0 Å². The van der Waals surface area contributed by atoms with E-state index in [4.69, 9.17) is 0 Å². The Labute approximate surface area is 203 Å². The summed E-state index contributed by atoms with van der Waals surface area (Å²) in [6.07, 6.45) is 3.24. The smallest absolute Gasteiger partial charge is 0.264 e. The molecule has 35 heavy (non-hydrogen) atoms. The number of hydrogen-bond acceptors (Lipinski definition) is 5. The zero-order valence-electron chi connectivity index (χ0n) is 19.5. The minimum Gasteiger partial charge on any atom is -0.331 e. The second-order valence-electron chi connectivity index (χ2n) is 8.06. The van der Waals surface area contributed by atoms with Gasteiger partial charge in [-0.05, 0) is 61.5 Å². The van der Waals surface area contributed by atoms with Crippen molar-refractivity contribution in [3.63, 3.8) is 0 Å². The lowest BCUT2D eigenvalue weighted by Crippen LogP contribution is -2.26. The fraction of sp³-hybridized carbons (Fsp3) is 0.115. The number of amides is 1. The van der Waals surface area contributed by atoms with Crippen LogP contribution < -0.4 is 9.62 Å². The fourth-order valence-corrected chi connectivity index (χ4v) is 4.71. The van der Waals surface area contributed by atoms with E-state index >= 15 is 0 Å². The van der Waals surface area contributed by atoms with E-state index in [2.05, 4.69) is 10.3 Å². The van der Waals surface area contributed by atoms with Crippen molar-refractivity contribution in [2.45, 2.75) is 11.8 Å². The van der Waals surface area contributed by atoms with Gasteiger partial charge in [0.05, 0.1) is 10.6 Å². The van der Waals surface area contributed by atoms with E-state index in [1.54, 1.807) is 66.5 Å². The second-order valence-corrected chi connectivity index (χ2v) is 10.0. The lowest BCUT2D eigenvalue weighted by atomic mass is 10.1. The summed E-state index contributed by atoms with van der Waals surface area (Å²) in [6.45, 7) is 1.92. The van der Waals surface area contributed by atoms with Gasteiger partial charge in [0.15, 0.2) is 5.82 Å². The zero-order chi connectivity index (χ0) is 25.2. The van der Waals surface area contributed by atoms with Gasteiger partial charge < -0.3 is 9.88 Å². The Morgan fingerprint density at radius 3 is 2.26 bits per heavy atom. The third-order valence-electron chi connectivity index (χ3n) is 5.58. The maximum atomic E-state index is 13.1. The van der Waals surface area contributed by atoms with Crippen molar-refractivity contribution in [3.05, 3.63) is 108 Å². The number of aryl methyl sites for hydroxylation is 2. The van der Waals surface area contributed by atoms with Crippen LogP contribution in [0.15, 0.2) is 90.1 Å². The van der Waals surface area contributed by atoms with Crippen LogP contribution in [0.2, 0.25) is 0 Å². The number of ketones is 1. The van der Waals surface area contributed by atoms with E-state index in [-0.39, 0.29) is 16.2 Å².